The molecule has 0 aliphatic heterocycles. The first kappa shape index (κ1) is 17.1. The first-order valence-electron chi connectivity index (χ1n) is 8.33. The molecule has 0 aliphatic rings. The maximum absolute atomic E-state index is 10.8. The second kappa shape index (κ2) is 7.13. The van der Waals surface area contributed by atoms with Crippen LogP contribution in [0, 0.1) is 18.3 Å². The summed E-state index contributed by atoms with van der Waals surface area (Å²) in [5, 5.41) is 23.5. The van der Waals surface area contributed by atoms with E-state index in [2.05, 4.69) is 31.6 Å². The van der Waals surface area contributed by atoms with E-state index < -0.39 is 0 Å². The maximum Gasteiger partial charge on any atom is 0.212 e. The number of aryl methyl sites for hydroxylation is 1. The van der Waals surface area contributed by atoms with Crippen LogP contribution in [-0.4, -0.2) is 36.4 Å². The number of pyridine rings is 1. The van der Waals surface area contributed by atoms with Crippen LogP contribution in [0.3, 0.4) is 0 Å². The van der Waals surface area contributed by atoms with Crippen LogP contribution < -0.4 is 5.32 Å². The van der Waals surface area contributed by atoms with Crippen LogP contribution in [-0.2, 0) is 4.79 Å². The van der Waals surface area contributed by atoms with E-state index in [4.69, 9.17) is 5.10 Å². The molecule has 0 bridgehead atoms. The lowest BCUT2D eigenvalue weighted by molar-refractivity contribution is -0.105. The third-order valence-corrected chi connectivity index (χ3v) is 4.22. The van der Waals surface area contributed by atoms with Gasteiger partial charge in [-0.3, -0.25) is 9.89 Å². The average Bonchev–Trinajstić information content (AvgIpc) is 3.39. The summed E-state index contributed by atoms with van der Waals surface area (Å²) < 4.78 is 1.67. The minimum atomic E-state index is 0.409. The zero-order valence-electron chi connectivity index (χ0n) is 14.8. The maximum atomic E-state index is 10.8. The molecule has 0 radical (unpaired) electrons. The number of nitrogens with one attached hydrogen (secondary N) is 2. The molecule has 0 spiro atoms. The number of carbonyl (C=O) groups is 1. The largest absolute Gasteiger partial charge is 0.313 e. The SMILES string of the molecule is Cc1cnc(NC=O)cc1-n1cc(-c2ncn[nH]2)c(-c2ccccc2C#N)n1. The zero-order chi connectivity index (χ0) is 19.5. The standard InChI is InChI=1S/C19H14N8O/c1-12-8-21-17(23-11-28)6-16(12)27-9-15(19-22-10-24-25-19)18(26-27)14-5-3-2-4-13(14)7-20/h2-6,8-11H,1H3,(H,21,23,28)(H,22,24,25). The summed E-state index contributed by atoms with van der Waals surface area (Å²) >= 11 is 0. The Kier molecular flexibility index (Phi) is 4.35. The van der Waals surface area contributed by atoms with Gasteiger partial charge in [-0.05, 0) is 18.6 Å². The quantitative estimate of drug-likeness (QED) is 0.520. The number of hydrogen-bond donors (Lipinski definition) is 2. The fourth-order valence-corrected chi connectivity index (χ4v) is 2.89. The number of nitrogens with zero attached hydrogens (tertiary/aromatic N) is 6. The summed E-state index contributed by atoms with van der Waals surface area (Å²) in [5.41, 5.74) is 4.08. The van der Waals surface area contributed by atoms with Crippen LogP contribution in [0.4, 0.5) is 5.82 Å². The molecule has 1 aromatic carbocycles. The van der Waals surface area contributed by atoms with Crippen LogP contribution in [0.15, 0.2) is 49.1 Å². The van der Waals surface area contributed by atoms with Gasteiger partial charge in [0.1, 0.15) is 17.8 Å². The van der Waals surface area contributed by atoms with Crippen molar-refractivity contribution in [3.05, 3.63) is 60.2 Å². The smallest absolute Gasteiger partial charge is 0.212 e. The Bertz CT molecular complexity index is 1190. The number of nitriles is 1. The lowest BCUT2D eigenvalue weighted by Gasteiger charge is -2.07. The third kappa shape index (κ3) is 2.99. The third-order valence-electron chi connectivity index (χ3n) is 4.22. The van der Waals surface area contributed by atoms with Gasteiger partial charge in [-0.25, -0.2) is 14.6 Å². The van der Waals surface area contributed by atoms with Crippen molar-refractivity contribution >= 4 is 12.2 Å². The molecule has 9 heteroatoms. The van der Waals surface area contributed by atoms with Gasteiger partial charge >= 0.3 is 0 Å². The molecule has 1 amide bonds. The molecule has 4 rings (SSSR count). The van der Waals surface area contributed by atoms with Crippen LogP contribution in [0.1, 0.15) is 11.1 Å². The summed E-state index contributed by atoms with van der Waals surface area (Å²) in [6.45, 7) is 1.89. The van der Waals surface area contributed by atoms with Crippen molar-refractivity contribution in [3.8, 4) is 34.4 Å². The highest BCUT2D eigenvalue weighted by Gasteiger charge is 2.19. The molecular formula is C19H14N8O. The Morgan fingerprint density at radius 1 is 1.25 bits per heavy atom. The van der Waals surface area contributed by atoms with E-state index >= 15 is 0 Å². The Labute approximate surface area is 159 Å². The average molecular weight is 370 g/mol. The molecule has 136 valence electrons. The highest BCUT2D eigenvalue weighted by atomic mass is 16.1. The van der Waals surface area contributed by atoms with E-state index in [9.17, 15) is 10.1 Å². The number of rotatable bonds is 5. The Hall–Kier alpha value is -4.32. The van der Waals surface area contributed by atoms with Gasteiger partial charge in [-0.2, -0.15) is 15.5 Å². The van der Waals surface area contributed by atoms with Crippen molar-refractivity contribution in [1.82, 2.24) is 29.9 Å². The number of hydrogen-bond acceptors (Lipinski definition) is 6. The summed E-state index contributed by atoms with van der Waals surface area (Å²) in [6, 6.07) is 11.2. The van der Waals surface area contributed by atoms with Crippen LogP contribution >= 0.6 is 0 Å². The van der Waals surface area contributed by atoms with Crippen molar-refractivity contribution in [2.24, 2.45) is 0 Å². The van der Waals surface area contributed by atoms with Gasteiger partial charge in [0, 0.05) is 24.0 Å². The molecule has 3 aromatic heterocycles. The monoisotopic (exact) mass is 370 g/mol. The van der Waals surface area contributed by atoms with Gasteiger partial charge in [0.2, 0.25) is 6.41 Å². The summed E-state index contributed by atoms with van der Waals surface area (Å²) in [6.07, 6.45) is 5.44. The number of anilines is 1. The fourth-order valence-electron chi connectivity index (χ4n) is 2.89. The normalized spacial score (nSPS) is 10.4. The zero-order valence-corrected chi connectivity index (χ0v) is 14.8. The van der Waals surface area contributed by atoms with Crippen molar-refractivity contribution in [3.63, 3.8) is 0 Å². The molecule has 0 fully saturated rings. The Morgan fingerprint density at radius 3 is 2.86 bits per heavy atom. The molecule has 0 saturated carbocycles. The van der Waals surface area contributed by atoms with Crippen molar-refractivity contribution in [2.45, 2.75) is 6.92 Å². The van der Waals surface area contributed by atoms with E-state index in [1.165, 1.54) is 6.33 Å². The fraction of sp³-hybridized carbons (Fsp3) is 0.0526. The minimum Gasteiger partial charge on any atom is -0.313 e. The number of aromatic amines is 1. The molecule has 0 saturated heterocycles. The topological polar surface area (TPSA) is 125 Å². The first-order chi connectivity index (χ1) is 13.7. The second-order valence-electron chi connectivity index (χ2n) is 5.95. The van der Waals surface area contributed by atoms with Crippen molar-refractivity contribution in [2.75, 3.05) is 5.32 Å². The highest BCUT2D eigenvalue weighted by Crippen LogP contribution is 2.32. The molecule has 0 unspecified atom stereocenters. The minimum absolute atomic E-state index is 0.409. The Morgan fingerprint density at radius 2 is 2.11 bits per heavy atom. The molecule has 9 nitrogen and oxygen atoms in total. The van der Waals surface area contributed by atoms with E-state index in [1.54, 1.807) is 35.3 Å². The number of H-pyrrole nitrogens is 1. The van der Waals surface area contributed by atoms with Gasteiger partial charge in [-0.15, -0.1) is 0 Å². The molecule has 28 heavy (non-hydrogen) atoms. The molecular weight excluding hydrogens is 356 g/mol. The summed E-state index contributed by atoms with van der Waals surface area (Å²) in [4.78, 5) is 19.1. The molecule has 0 atom stereocenters. The number of aromatic nitrogens is 6. The molecule has 2 N–H and O–H groups in total. The molecule has 4 aromatic rings. The highest BCUT2D eigenvalue weighted by molar-refractivity contribution is 5.81. The van der Waals surface area contributed by atoms with Crippen molar-refractivity contribution < 1.29 is 4.79 Å². The van der Waals surface area contributed by atoms with Gasteiger partial charge in [0.15, 0.2) is 5.82 Å². The van der Waals surface area contributed by atoms with Gasteiger partial charge in [0.05, 0.1) is 22.9 Å². The van der Waals surface area contributed by atoms with Crippen LogP contribution in [0.5, 0.6) is 0 Å². The predicted octanol–water partition coefficient (Wildman–Crippen LogP) is 2.47. The summed E-state index contributed by atoms with van der Waals surface area (Å²) in [5.74, 6) is 0.943. The lowest BCUT2D eigenvalue weighted by Crippen LogP contribution is -2.03. The van der Waals surface area contributed by atoms with Gasteiger partial charge in [0.25, 0.3) is 0 Å². The van der Waals surface area contributed by atoms with E-state index in [0.29, 0.717) is 40.4 Å². The Balaban J connectivity index is 1.94. The van der Waals surface area contributed by atoms with E-state index in [-0.39, 0.29) is 0 Å². The second-order valence-corrected chi connectivity index (χ2v) is 5.95. The number of amides is 1. The van der Waals surface area contributed by atoms with Gasteiger partial charge < -0.3 is 5.32 Å². The van der Waals surface area contributed by atoms with Gasteiger partial charge in [-0.1, -0.05) is 18.2 Å². The van der Waals surface area contributed by atoms with Crippen LogP contribution in [0.25, 0.3) is 28.3 Å². The lowest BCUT2D eigenvalue weighted by atomic mass is 10.0. The van der Waals surface area contributed by atoms with Crippen LogP contribution in [0.2, 0.25) is 0 Å². The number of benzene rings is 1. The predicted molar refractivity (Wildman–Crippen MR) is 101 cm³/mol. The molecule has 0 aliphatic carbocycles. The first-order valence-corrected chi connectivity index (χ1v) is 8.33. The molecule has 3 heterocycles. The summed E-state index contributed by atoms with van der Waals surface area (Å²) in [7, 11) is 0. The van der Waals surface area contributed by atoms with Crippen molar-refractivity contribution in [1.29, 1.82) is 5.26 Å². The van der Waals surface area contributed by atoms with E-state index in [1.807, 2.05) is 19.1 Å². The number of carbonyl (C=O) groups excluding carboxylic acids is 1. The van der Waals surface area contributed by atoms with E-state index in [0.717, 1.165) is 11.3 Å².